The summed E-state index contributed by atoms with van der Waals surface area (Å²) in [6.45, 7) is 0. The normalized spacial score (nSPS) is 24.0. The Morgan fingerprint density at radius 3 is 3.10 bits per heavy atom. The summed E-state index contributed by atoms with van der Waals surface area (Å²) < 4.78 is 0. The van der Waals surface area contributed by atoms with Crippen molar-refractivity contribution in [1.29, 1.82) is 5.41 Å². The Hall–Kier alpha value is -1.14. The zero-order valence-corrected chi connectivity index (χ0v) is 5.63. The molecule has 0 aromatic heterocycles. The van der Waals surface area contributed by atoms with E-state index in [1.807, 2.05) is 12.0 Å². The van der Waals surface area contributed by atoms with Crippen LogP contribution in [0.5, 0.6) is 0 Å². The van der Waals surface area contributed by atoms with Crippen molar-refractivity contribution in [2.75, 3.05) is 0 Å². The van der Waals surface area contributed by atoms with E-state index in [0.29, 0.717) is 5.57 Å². The van der Waals surface area contributed by atoms with Crippen LogP contribution in [-0.4, -0.2) is 12.2 Å². The lowest BCUT2D eigenvalue weighted by molar-refractivity contribution is 0.564. The molecule has 1 N–H and O–H groups in total. The standard InChI is InChI=1S/C8H9NO/c9-5-7-3-1-2-4-8(7)6-10/h2,4-5,7,9H,1,3H2. The average Bonchev–Trinajstić information content (AvgIpc) is 2.04. The molecule has 52 valence electrons. The molecule has 0 spiro atoms. The van der Waals surface area contributed by atoms with Gasteiger partial charge in [0.1, 0.15) is 5.94 Å². The smallest absolute Gasteiger partial charge is 0.128 e. The van der Waals surface area contributed by atoms with Gasteiger partial charge in [0.05, 0.1) is 0 Å². The van der Waals surface area contributed by atoms with Gasteiger partial charge in [0.25, 0.3) is 0 Å². The summed E-state index contributed by atoms with van der Waals surface area (Å²) in [4.78, 5) is 10.2. The third-order valence-corrected chi connectivity index (χ3v) is 1.66. The molecular weight excluding hydrogens is 126 g/mol. The van der Waals surface area contributed by atoms with Gasteiger partial charge in [0.15, 0.2) is 0 Å². The number of rotatable bonds is 1. The van der Waals surface area contributed by atoms with Crippen LogP contribution >= 0.6 is 0 Å². The molecule has 0 saturated heterocycles. The topological polar surface area (TPSA) is 40.9 Å². The van der Waals surface area contributed by atoms with E-state index in [9.17, 15) is 4.79 Å². The van der Waals surface area contributed by atoms with Gasteiger partial charge in [-0.25, -0.2) is 4.79 Å². The molecule has 0 bridgehead atoms. The van der Waals surface area contributed by atoms with Crippen molar-refractivity contribution < 1.29 is 4.79 Å². The Kier molecular flexibility index (Phi) is 2.19. The molecule has 1 aliphatic rings. The highest BCUT2D eigenvalue weighted by Gasteiger charge is 2.12. The fraction of sp³-hybridized carbons (Fsp3) is 0.375. The average molecular weight is 135 g/mol. The maximum Gasteiger partial charge on any atom is 0.128 e. The van der Waals surface area contributed by atoms with E-state index in [4.69, 9.17) is 5.41 Å². The fourth-order valence-electron chi connectivity index (χ4n) is 1.05. The molecular formula is C8H9NO. The molecule has 1 atom stereocenters. The second kappa shape index (κ2) is 3.14. The maximum atomic E-state index is 10.2. The van der Waals surface area contributed by atoms with E-state index in [1.165, 1.54) is 6.21 Å². The van der Waals surface area contributed by atoms with E-state index >= 15 is 0 Å². The fourth-order valence-corrected chi connectivity index (χ4v) is 1.05. The monoisotopic (exact) mass is 135 g/mol. The van der Waals surface area contributed by atoms with Gasteiger partial charge in [0, 0.05) is 17.7 Å². The molecule has 1 aliphatic carbocycles. The predicted octanol–water partition coefficient (Wildman–Crippen LogP) is 1.36. The van der Waals surface area contributed by atoms with Crippen LogP contribution in [0.4, 0.5) is 0 Å². The van der Waals surface area contributed by atoms with Gasteiger partial charge in [-0.1, -0.05) is 12.2 Å². The van der Waals surface area contributed by atoms with Crippen molar-refractivity contribution >= 4 is 12.2 Å². The molecule has 0 amide bonds. The molecule has 0 heterocycles. The van der Waals surface area contributed by atoms with Crippen molar-refractivity contribution in [1.82, 2.24) is 0 Å². The highest BCUT2D eigenvalue weighted by Crippen LogP contribution is 2.19. The van der Waals surface area contributed by atoms with Gasteiger partial charge in [-0.05, 0) is 12.8 Å². The lowest BCUT2D eigenvalue weighted by atomic mass is 9.91. The largest absolute Gasteiger partial charge is 0.312 e. The highest BCUT2D eigenvalue weighted by atomic mass is 16.1. The molecule has 2 nitrogen and oxygen atoms in total. The maximum absolute atomic E-state index is 10.2. The van der Waals surface area contributed by atoms with E-state index in [-0.39, 0.29) is 5.92 Å². The Bertz CT molecular complexity index is 211. The third kappa shape index (κ3) is 1.23. The Morgan fingerprint density at radius 2 is 2.60 bits per heavy atom. The molecule has 10 heavy (non-hydrogen) atoms. The van der Waals surface area contributed by atoms with Crippen molar-refractivity contribution in [3.8, 4) is 0 Å². The van der Waals surface area contributed by atoms with Gasteiger partial charge in [0.2, 0.25) is 0 Å². The highest BCUT2D eigenvalue weighted by molar-refractivity contribution is 5.72. The first-order chi connectivity index (χ1) is 4.88. The number of nitrogens with one attached hydrogen (secondary N) is 1. The van der Waals surface area contributed by atoms with E-state index in [1.54, 1.807) is 6.08 Å². The SMILES string of the molecule is N=CC1CCC=CC1=C=O. The van der Waals surface area contributed by atoms with E-state index in [0.717, 1.165) is 12.8 Å². The van der Waals surface area contributed by atoms with Crippen molar-refractivity contribution in [2.45, 2.75) is 12.8 Å². The summed E-state index contributed by atoms with van der Waals surface area (Å²) >= 11 is 0. The van der Waals surface area contributed by atoms with E-state index in [2.05, 4.69) is 0 Å². The van der Waals surface area contributed by atoms with Crippen LogP contribution in [0.2, 0.25) is 0 Å². The lowest BCUT2D eigenvalue weighted by Crippen LogP contribution is -2.07. The van der Waals surface area contributed by atoms with Crippen molar-refractivity contribution in [3.63, 3.8) is 0 Å². The molecule has 0 aromatic rings. The first-order valence-corrected chi connectivity index (χ1v) is 3.30. The minimum Gasteiger partial charge on any atom is -0.312 e. The molecule has 1 unspecified atom stereocenters. The number of carbonyl (C=O) groups excluding carboxylic acids is 1. The zero-order chi connectivity index (χ0) is 7.40. The minimum atomic E-state index is 0.0162. The molecule has 1 rings (SSSR count). The number of hydrogen-bond acceptors (Lipinski definition) is 2. The van der Waals surface area contributed by atoms with Crippen LogP contribution in [0, 0.1) is 11.3 Å². The predicted molar refractivity (Wildman–Crippen MR) is 39.9 cm³/mol. The number of allylic oxidation sites excluding steroid dienone is 3. The Morgan fingerprint density at radius 1 is 1.80 bits per heavy atom. The first kappa shape index (κ1) is 6.97. The number of hydrogen-bond donors (Lipinski definition) is 1. The third-order valence-electron chi connectivity index (χ3n) is 1.66. The summed E-state index contributed by atoms with van der Waals surface area (Å²) in [5.41, 5.74) is 0.612. The van der Waals surface area contributed by atoms with Crippen LogP contribution in [0.1, 0.15) is 12.8 Å². The summed E-state index contributed by atoms with van der Waals surface area (Å²) in [6.07, 6.45) is 6.85. The summed E-state index contributed by atoms with van der Waals surface area (Å²) in [5, 5.41) is 6.97. The lowest BCUT2D eigenvalue weighted by Gasteiger charge is -2.11. The summed E-state index contributed by atoms with van der Waals surface area (Å²) in [7, 11) is 0. The van der Waals surface area contributed by atoms with Crippen molar-refractivity contribution in [3.05, 3.63) is 17.7 Å². The van der Waals surface area contributed by atoms with Gasteiger partial charge in [-0.15, -0.1) is 0 Å². The first-order valence-electron chi connectivity index (χ1n) is 3.30. The van der Waals surface area contributed by atoms with Crippen LogP contribution in [0.3, 0.4) is 0 Å². The van der Waals surface area contributed by atoms with Crippen LogP contribution in [0.25, 0.3) is 0 Å². The molecule has 2 heteroatoms. The second-order valence-corrected chi connectivity index (χ2v) is 2.31. The zero-order valence-electron chi connectivity index (χ0n) is 5.63. The molecule has 0 fully saturated rings. The van der Waals surface area contributed by atoms with E-state index < -0.39 is 0 Å². The van der Waals surface area contributed by atoms with Crippen molar-refractivity contribution in [2.24, 2.45) is 5.92 Å². The van der Waals surface area contributed by atoms with Gasteiger partial charge in [-0.2, -0.15) is 0 Å². The molecule has 0 aliphatic heterocycles. The van der Waals surface area contributed by atoms with Crippen LogP contribution < -0.4 is 0 Å². The van der Waals surface area contributed by atoms with Gasteiger partial charge < -0.3 is 5.41 Å². The molecule has 0 radical (unpaired) electrons. The molecule has 0 saturated carbocycles. The Balaban J connectivity index is 2.85. The second-order valence-electron chi connectivity index (χ2n) is 2.31. The minimum absolute atomic E-state index is 0.0162. The summed E-state index contributed by atoms with van der Waals surface area (Å²) in [5.74, 6) is 1.85. The van der Waals surface area contributed by atoms with Crippen LogP contribution in [-0.2, 0) is 4.79 Å². The van der Waals surface area contributed by atoms with Crippen LogP contribution in [0.15, 0.2) is 17.7 Å². The molecule has 0 aromatic carbocycles. The van der Waals surface area contributed by atoms with Gasteiger partial charge >= 0.3 is 0 Å². The van der Waals surface area contributed by atoms with Gasteiger partial charge in [-0.3, -0.25) is 0 Å². The summed E-state index contributed by atoms with van der Waals surface area (Å²) in [6, 6.07) is 0. The quantitative estimate of drug-likeness (QED) is 0.428. The Labute approximate surface area is 59.8 Å².